The lowest BCUT2D eigenvalue weighted by Crippen LogP contribution is -2.30. The first-order valence-corrected chi connectivity index (χ1v) is 9.05. The fourth-order valence-corrected chi connectivity index (χ4v) is 2.97. The van der Waals surface area contributed by atoms with Crippen molar-refractivity contribution < 1.29 is 14.3 Å². The average Bonchev–Trinajstić information content (AvgIpc) is 2.75. The quantitative estimate of drug-likeness (QED) is 0.685. The first-order valence-electron chi connectivity index (χ1n) is 9.05. The highest BCUT2D eigenvalue weighted by Gasteiger charge is 2.17. The Labute approximate surface area is 164 Å². The summed E-state index contributed by atoms with van der Waals surface area (Å²) in [6.45, 7) is 2.47. The number of carbonyl (C=O) groups is 2. The van der Waals surface area contributed by atoms with Crippen LogP contribution in [-0.4, -0.2) is 25.5 Å². The van der Waals surface area contributed by atoms with Crippen molar-refractivity contribution in [1.82, 2.24) is 0 Å². The smallest absolute Gasteiger partial charge is 0.259 e. The zero-order valence-corrected chi connectivity index (χ0v) is 15.9. The van der Waals surface area contributed by atoms with Crippen molar-refractivity contribution in [2.24, 2.45) is 0 Å². The number of benzene rings is 3. The molecular weight excluding hydrogens is 352 g/mol. The second-order valence-corrected chi connectivity index (χ2v) is 6.12. The summed E-state index contributed by atoms with van der Waals surface area (Å²) in [5, 5.41) is 2.84. The topological polar surface area (TPSA) is 58.6 Å². The highest BCUT2D eigenvalue weighted by Crippen LogP contribution is 2.21. The Balaban J connectivity index is 1.82. The van der Waals surface area contributed by atoms with Crippen LogP contribution in [-0.2, 0) is 0 Å². The van der Waals surface area contributed by atoms with E-state index in [0.29, 0.717) is 29.1 Å². The molecule has 0 spiro atoms. The Kier molecular flexibility index (Phi) is 6.07. The summed E-state index contributed by atoms with van der Waals surface area (Å²) in [7, 11) is 1.52. The number of nitrogens with one attached hydrogen (secondary N) is 1. The van der Waals surface area contributed by atoms with E-state index in [4.69, 9.17) is 4.74 Å². The van der Waals surface area contributed by atoms with Gasteiger partial charge in [-0.2, -0.15) is 0 Å². The van der Waals surface area contributed by atoms with Crippen LogP contribution in [0.15, 0.2) is 78.9 Å². The lowest BCUT2D eigenvalue weighted by atomic mass is 10.1. The Hall–Kier alpha value is -3.60. The lowest BCUT2D eigenvalue weighted by Gasteiger charge is -2.21. The van der Waals surface area contributed by atoms with Gasteiger partial charge in [0, 0.05) is 23.5 Å². The normalized spacial score (nSPS) is 10.2. The number of hydrogen-bond acceptors (Lipinski definition) is 3. The van der Waals surface area contributed by atoms with E-state index < -0.39 is 0 Å². The van der Waals surface area contributed by atoms with E-state index in [1.54, 1.807) is 53.4 Å². The molecule has 2 amide bonds. The van der Waals surface area contributed by atoms with Crippen LogP contribution in [0.3, 0.4) is 0 Å². The molecule has 0 aliphatic heterocycles. The lowest BCUT2D eigenvalue weighted by molar-refractivity contribution is 0.0985. The Bertz CT molecular complexity index is 970. The fourth-order valence-electron chi connectivity index (χ4n) is 2.97. The van der Waals surface area contributed by atoms with Crippen LogP contribution in [0.2, 0.25) is 0 Å². The molecule has 0 aliphatic carbocycles. The molecule has 3 aromatic rings. The molecule has 3 rings (SSSR count). The number of nitrogens with zero attached hydrogens (tertiary/aromatic N) is 1. The van der Waals surface area contributed by atoms with Gasteiger partial charge in [0.1, 0.15) is 5.75 Å². The van der Waals surface area contributed by atoms with Gasteiger partial charge in [0.2, 0.25) is 0 Å². The highest BCUT2D eigenvalue weighted by atomic mass is 16.5. The number of hydrogen-bond donors (Lipinski definition) is 1. The Morgan fingerprint density at radius 1 is 0.929 bits per heavy atom. The average molecular weight is 374 g/mol. The summed E-state index contributed by atoms with van der Waals surface area (Å²) in [5.41, 5.74) is 2.31. The number of carbonyl (C=O) groups excluding carboxylic acids is 2. The molecule has 0 atom stereocenters. The number of para-hydroxylation sites is 2. The van der Waals surface area contributed by atoms with Crippen molar-refractivity contribution in [2.45, 2.75) is 6.92 Å². The molecule has 5 nitrogen and oxygen atoms in total. The van der Waals surface area contributed by atoms with Crippen molar-refractivity contribution in [3.8, 4) is 5.75 Å². The van der Waals surface area contributed by atoms with Gasteiger partial charge in [-0.3, -0.25) is 9.59 Å². The van der Waals surface area contributed by atoms with Gasteiger partial charge >= 0.3 is 0 Å². The van der Waals surface area contributed by atoms with Gasteiger partial charge in [-0.05, 0) is 49.4 Å². The Morgan fingerprint density at radius 3 is 2.36 bits per heavy atom. The van der Waals surface area contributed by atoms with E-state index in [0.717, 1.165) is 5.69 Å². The number of ether oxygens (including phenoxy) is 1. The molecule has 0 aliphatic rings. The van der Waals surface area contributed by atoms with Crippen molar-refractivity contribution in [2.75, 3.05) is 23.9 Å². The minimum Gasteiger partial charge on any atom is -0.496 e. The third-order valence-electron chi connectivity index (χ3n) is 4.35. The summed E-state index contributed by atoms with van der Waals surface area (Å²) in [6, 6.07) is 23.4. The summed E-state index contributed by atoms with van der Waals surface area (Å²) >= 11 is 0. The van der Waals surface area contributed by atoms with Crippen LogP contribution in [0.5, 0.6) is 5.75 Å². The van der Waals surface area contributed by atoms with Crippen LogP contribution in [0, 0.1) is 0 Å². The predicted molar refractivity (Wildman–Crippen MR) is 111 cm³/mol. The molecule has 0 bridgehead atoms. The molecule has 1 N–H and O–H groups in total. The first-order chi connectivity index (χ1) is 13.6. The maximum absolute atomic E-state index is 13.0. The van der Waals surface area contributed by atoms with E-state index in [2.05, 4.69) is 5.32 Å². The largest absolute Gasteiger partial charge is 0.496 e. The zero-order chi connectivity index (χ0) is 19.9. The van der Waals surface area contributed by atoms with Gasteiger partial charge in [-0.25, -0.2) is 0 Å². The molecule has 0 aromatic heterocycles. The first kappa shape index (κ1) is 19.2. The van der Waals surface area contributed by atoms with E-state index in [1.807, 2.05) is 37.3 Å². The molecule has 0 radical (unpaired) electrons. The second kappa shape index (κ2) is 8.86. The SMILES string of the molecule is CCN(C(=O)c1cccc(NC(=O)c2ccccc2OC)c1)c1ccccc1. The fraction of sp³-hybridized carbons (Fsp3) is 0.130. The van der Waals surface area contributed by atoms with Gasteiger partial charge in [-0.1, -0.05) is 36.4 Å². The van der Waals surface area contributed by atoms with Gasteiger partial charge < -0.3 is 15.0 Å². The predicted octanol–water partition coefficient (Wildman–Crippen LogP) is 4.61. The van der Waals surface area contributed by atoms with E-state index >= 15 is 0 Å². The molecule has 142 valence electrons. The maximum Gasteiger partial charge on any atom is 0.259 e. The van der Waals surface area contributed by atoms with Gasteiger partial charge in [0.15, 0.2) is 0 Å². The molecule has 28 heavy (non-hydrogen) atoms. The minimum absolute atomic E-state index is 0.123. The van der Waals surface area contributed by atoms with E-state index in [9.17, 15) is 9.59 Å². The summed E-state index contributed by atoms with van der Waals surface area (Å²) < 4.78 is 5.24. The van der Waals surface area contributed by atoms with Gasteiger partial charge in [-0.15, -0.1) is 0 Å². The van der Waals surface area contributed by atoms with E-state index in [1.165, 1.54) is 7.11 Å². The summed E-state index contributed by atoms with van der Waals surface area (Å²) in [5.74, 6) is 0.0769. The molecule has 0 saturated carbocycles. The highest BCUT2D eigenvalue weighted by molar-refractivity contribution is 6.09. The van der Waals surface area contributed by atoms with Crippen LogP contribution in [0.1, 0.15) is 27.6 Å². The van der Waals surface area contributed by atoms with Crippen LogP contribution < -0.4 is 15.0 Å². The number of anilines is 2. The van der Waals surface area contributed by atoms with Crippen molar-refractivity contribution in [3.63, 3.8) is 0 Å². The number of rotatable bonds is 6. The van der Waals surface area contributed by atoms with Crippen molar-refractivity contribution >= 4 is 23.2 Å². The third kappa shape index (κ3) is 4.20. The standard InChI is InChI=1S/C23H22N2O3/c1-3-25(19-12-5-4-6-13-19)23(27)17-10-9-11-18(16-17)24-22(26)20-14-7-8-15-21(20)28-2/h4-16H,3H2,1-2H3,(H,24,26). The number of amides is 2. The van der Waals surface area contributed by atoms with Gasteiger partial charge in [0.25, 0.3) is 11.8 Å². The van der Waals surface area contributed by atoms with Crippen LogP contribution in [0.25, 0.3) is 0 Å². The summed E-state index contributed by atoms with van der Waals surface area (Å²) in [4.78, 5) is 27.3. The van der Waals surface area contributed by atoms with Crippen LogP contribution in [0.4, 0.5) is 11.4 Å². The monoisotopic (exact) mass is 374 g/mol. The molecule has 0 unspecified atom stereocenters. The molecule has 5 heteroatoms. The molecule has 0 fully saturated rings. The maximum atomic E-state index is 13.0. The molecule has 3 aromatic carbocycles. The second-order valence-electron chi connectivity index (χ2n) is 6.12. The molecule has 0 saturated heterocycles. The van der Waals surface area contributed by atoms with Crippen molar-refractivity contribution in [1.29, 1.82) is 0 Å². The molecular formula is C23H22N2O3. The number of methoxy groups -OCH3 is 1. The third-order valence-corrected chi connectivity index (χ3v) is 4.35. The zero-order valence-electron chi connectivity index (χ0n) is 15.9. The minimum atomic E-state index is -0.294. The van der Waals surface area contributed by atoms with E-state index in [-0.39, 0.29) is 11.8 Å². The van der Waals surface area contributed by atoms with Gasteiger partial charge in [0.05, 0.1) is 12.7 Å². The Morgan fingerprint density at radius 2 is 1.64 bits per heavy atom. The van der Waals surface area contributed by atoms with Crippen LogP contribution >= 0.6 is 0 Å². The van der Waals surface area contributed by atoms with Crippen molar-refractivity contribution in [3.05, 3.63) is 90.0 Å². The molecule has 0 heterocycles. The summed E-state index contributed by atoms with van der Waals surface area (Å²) in [6.07, 6.45) is 0.